The topological polar surface area (TPSA) is 55.8 Å². The summed E-state index contributed by atoms with van der Waals surface area (Å²) in [5.41, 5.74) is 1.73. The summed E-state index contributed by atoms with van der Waals surface area (Å²) in [6, 6.07) is 4.37. The van der Waals surface area contributed by atoms with Crippen molar-refractivity contribution in [1.29, 1.82) is 0 Å². The van der Waals surface area contributed by atoms with Gasteiger partial charge < -0.3 is 20.2 Å². The summed E-state index contributed by atoms with van der Waals surface area (Å²) in [4.78, 5) is 16.0. The average Bonchev–Trinajstić information content (AvgIpc) is 2.46. The number of likely N-dealkylation sites (tertiary alicyclic amines) is 1. The zero-order valence-electron chi connectivity index (χ0n) is 13.5. The molecule has 0 radical (unpaired) electrons. The quantitative estimate of drug-likeness (QED) is 0.898. The number of nitrogens with one attached hydrogen (secondary N) is 1. The SMILES string of the molecule is C[C@@H](NC(=O)N1CCC1)c1cc(F)ccc1N1CCC(O)CC1. The van der Waals surface area contributed by atoms with Crippen LogP contribution in [-0.4, -0.2) is 48.3 Å². The van der Waals surface area contributed by atoms with Crippen molar-refractivity contribution in [3.05, 3.63) is 29.6 Å². The first-order chi connectivity index (χ1) is 11.0. The molecule has 126 valence electrons. The molecule has 2 saturated heterocycles. The van der Waals surface area contributed by atoms with Gasteiger partial charge in [-0.05, 0) is 44.4 Å². The van der Waals surface area contributed by atoms with Gasteiger partial charge in [-0.1, -0.05) is 0 Å². The van der Waals surface area contributed by atoms with Gasteiger partial charge in [0.25, 0.3) is 0 Å². The van der Waals surface area contributed by atoms with E-state index in [4.69, 9.17) is 0 Å². The highest BCUT2D eigenvalue weighted by atomic mass is 19.1. The van der Waals surface area contributed by atoms with Gasteiger partial charge in [0.2, 0.25) is 0 Å². The fourth-order valence-corrected chi connectivity index (χ4v) is 3.14. The lowest BCUT2D eigenvalue weighted by Gasteiger charge is -2.35. The van der Waals surface area contributed by atoms with Gasteiger partial charge in [-0.15, -0.1) is 0 Å². The number of amides is 2. The van der Waals surface area contributed by atoms with Crippen LogP contribution in [-0.2, 0) is 0 Å². The number of hydrogen-bond donors (Lipinski definition) is 2. The lowest BCUT2D eigenvalue weighted by molar-refractivity contribution is 0.145. The minimum Gasteiger partial charge on any atom is -0.393 e. The number of nitrogens with zero attached hydrogens (tertiary/aromatic N) is 2. The van der Waals surface area contributed by atoms with E-state index in [1.54, 1.807) is 11.0 Å². The highest BCUT2D eigenvalue weighted by molar-refractivity contribution is 5.76. The molecular formula is C17H24FN3O2. The number of anilines is 1. The highest BCUT2D eigenvalue weighted by Crippen LogP contribution is 2.30. The predicted molar refractivity (Wildman–Crippen MR) is 87.0 cm³/mol. The summed E-state index contributed by atoms with van der Waals surface area (Å²) in [5.74, 6) is -0.300. The third kappa shape index (κ3) is 3.58. The second kappa shape index (κ2) is 6.74. The number of hydrogen-bond acceptors (Lipinski definition) is 3. The van der Waals surface area contributed by atoms with E-state index < -0.39 is 0 Å². The number of halogens is 1. The Morgan fingerprint density at radius 2 is 2.00 bits per heavy atom. The number of carbonyl (C=O) groups excluding carboxylic acids is 1. The molecule has 5 nitrogen and oxygen atoms in total. The van der Waals surface area contributed by atoms with Crippen LogP contribution in [0.1, 0.15) is 37.8 Å². The Morgan fingerprint density at radius 1 is 1.30 bits per heavy atom. The van der Waals surface area contributed by atoms with E-state index in [0.29, 0.717) is 12.8 Å². The molecule has 2 aliphatic heterocycles. The van der Waals surface area contributed by atoms with Gasteiger partial charge in [-0.2, -0.15) is 0 Å². The fraction of sp³-hybridized carbons (Fsp3) is 0.588. The molecule has 0 bridgehead atoms. The molecule has 1 aromatic rings. The van der Waals surface area contributed by atoms with Crippen LogP contribution in [0.25, 0.3) is 0 Å². The van der Waals surface area contributed by atoms with Crippen molar-refractivity contribution in [3.63, 3.8) is 0 Å². The van der Waals surface area contributed by atoms with E-state index in [-0.39, 0.29) is 24.0 Å². The van der Waals surface area contributed by atoms with E-state index >= 15 is 0 Å². The lowest BCUT2D eigenvalue weighted by Crippen LogP contribution is -2.48. The minimum absolute atomic E-state index is 0.0898. The number of benzene rings is 1. The molecule has 2 heterocycles. The molecule has 1 aromatic carbocycles. The Morgan fingerprint density at radius 3 is 2.61 bits per heavy atom. The van der Waals surface area contributed by atoms with E-state index in [1.807, 2.05) is 6.92 Å². The number of aliphatic hydroxyl groups excluding tert-OH is 1. The monoisotopic (exact) mass is 321 g/mol. The first kappa shape index (κ1) is 16.1. The van der Waals surface area contributed by atoms with Crippen LogP contribution < -0.4 is 10.2 Å². The van der Waals surface area contributed by atoms with Crippen LogP contribution in [0, 0.1) is 5.82 Å². The van der Waals surface area contributed by atoms with E-state index in [1.165, 1.54) is 12.1 Å². The standard InChI is InChI=1S/C17H24FN3O2/c1-12(19-17(23)21-7-2-8-21)15-11-13(18)3-4-16(15)20-9-5-14(22)6-10-20/h3-4,11-12,14,22H,2,5-10H2,1H3,(H,19,23)/t12-/m1/s1. The van der Waals surface area contributed by atoms with Crippen LogP contribution in [0.4, 0.5) is 14.9 Å². The van der Waals surface area contributed by atoms with Crippen molar-refractivity contribution in [2.45, 2.75) is 38.3 Å². The molecule has 2 aliphatic rings. The maximum absolute atomic E-state index is 13.7. The maximum Gasteiger partial charge on any atom is 0.317 e. The lowest BCUT2D eigenvalue weighted by atomic mass is 10.0. The largest absolute Gasteiger partial charge is 0.393 e. The number of aliphatic hydroxyl groups is 1. The zero-order chi connectivity index (χ0) is 16.4. The van der Waals surface area contributed by atoms with Gasteiger partial charge in [-0.3, -0.25) is 0 Å². The summed E-state index contributed by atoms with van der Waals surface area (Å²) >= 11 is 0. The maximum atomic E-state index is 13.7. The van der Waals surface area contributed by atoms with Crippen LogP contribution in [0.15, 0.2) is 18.2 Å². The summed E-state index contributed by atoms with van der Waals surface area (Å²) in [7, 11) is 0. The second-order valence-electron chi connectivity index (χ2n) is 6.43. The molecule has 2 N–H and O–H groups in total. The summed E-state index contributed by atoms with van der Waals surface area (Å²) < 4.78 is 13.7. The molecule has 0 unspecified atom stereocenters. The first-order valence-corrected chi connectivity index (χ1v) is 8.32. The molecule has 2 amide bonds. The number of urea groups is 1. The number of piperidine rings is 1. The Bertz CT molecular complexity index is 569. The van der Waals surface area contributed by atoms with Crippen molar-refractivity contribution in [3.8, 4) is 0 Å². The molecule has 1 atom stereocenters. The Balaban J connectivity index is 1.76. The van der Waals surface area contributed by atoms with Crippen molar-refractivity contribution in [1.82, 2.24) is 10.2 Å². The summed E-state index contributed by atoms with van der Waals surface area (Å²) in [6.07, 6.45) is 2.22. The van der Waals surface area contributed by atoms with Gasteiger partial charge in [0.15, 0.2) is 0 Å². The number of rotatable bonds is 3. The Kier molecular flexibility index (Phi) is 4.71. The Labute approximate surface area is 136 Å². The minimum atomic E-state index is -0.300. The van der Waals surface area contributed by atoms with E-state index in [9.17, 15) is 14.3 Å². The first-order valence-electron chi connectivity index (χ1n) is 8.32. The second-order valence-corrected chi connectivity index (χ2v) is 6.43. The zero-order valence-corrected chi connectivity index (χ0v) is 13.5. The third-order valence-corrected chi connectivity index (χ3v) is 4.74. The van der Waals surface area contributed by atoms with Crippen molar-refractivity contribution >= 4 is 11.7 Å². The highest BCUT2D eigenvalue weighted by Gasteiger charge is 2.25. The smallest absolute Gasteiger partial charge is 0.317 e. The van der Waals surface area contributed by atoms with Gasteiger partial charge in [-0.25, -0.2) is 9.18 Å². The van der Waals surface area contributed by atoms with Crippen molar-refractivity contribution in [2.75, 3.05) is 31.1 Å². The van der Waals surface area contributed by atoms with Gasteiger partial charge in [0.1, 0.15) is 5.82 Å². The molecular weight excluding hydrogens is 297 g/mol. The summed E-state index contributed by atoms with van der Waals surface area (Å²) in [6.45, 7) is 4.95. The van der Waals surface area contributed by atoms with Crippen LogP contribution in [0.5, 0.6) is 0 Å². The van der Waals surface area contributed by atoms with Crippen molar-refractivity contribution in [2.24, 2.45) is 0 Å². The fourth-order valence-electron chi connectivity index (χ4n) is 3.14. The molecule has 0 saturated carbocycles. The predicted octanol–water partition coefficient (Wildman–Crippen LogP) is 2.26. The third-order valence-electron chi connectivity index (χ3n) is 4.74. The van der Waals surface area contributed by atoms with Crippen LogP contribution >= 0.6 is 0 Å². The molecule has 0 aromatic heterocycles. The normalized spacial score (nSPS) is 20.1. The van der Waals surface area contributed by atoms with Gasteiger partial charge >= 0.3 is 6.03 Å². The van der Waals surface area contributed by atoms with Crippen molar-refractivity contribution < 1.29 is 14.3 Å². The van der Waals surface area contributed by atoms with Gasteiger partial charge in [0, 0.05) is 37.4 Å². The average molecular weight is 321 g/mol. The molecule has 2 fully saturated rings. The van der Waals surface area contributed by atoms with E-state index in [2.05, 4.69) is 10.2 Å². The van der Waals surface area contributed by atoms with Crippen LogP contribution in [0.2, 0.25) is 0 Å². The van der Waals surface area contributed by atoms with E-state index in [0.717, 1.165) is 43.9 Å². The molecule has 0 aliphatic carbocycles. The number of carbonyl (C=O) groups is 1. The Hall–Kier alpha value is -1.82. The molecule has 0 spiro atoms. The van der Waals surface area contributed by atoms with Gasteiger partial charge in [0.05, 0.1) is 12.1 Å². The molecule has 3 rings (SSSR count). The molecule has 6 heteroatoms. The van der Waals surface area contributed by atoms with Crippen LogP contribution in [0.3, 0.4) is 0 Å². The molecule has 23 heavy (non-hydrogen) atoms. The summed E-state index contributed by atoms with van der Waals surface area (Å²) in [5, 5.41) is 12.6.